The Balaban J connectivity index is 1.11. The third kappa shape index (κ3) is 5.53. The fraction of sp³-hybridized carbons (Fsp3) is 0.424. The monoisotopic (exact) mass is 553 g/mol. The fourth-order valence-electron chi connectivity index (χ4n) is 6.66. The number of carbonyl (C=O) groups excluding carboxylic acids is 3. The third-order valence-electron chi connectivity index (χ3n) is 9.01. The van der Waals surface area contributed by atoms with Gasteiger partial charge in [-0.05, 0) is 86.1 Å². The molecule has 8 nitrogen and oxygen atoms in total. The van der Waals surface area contributed by atoms with Crippen molar-refractivity contribution < 1.29 is 14.4 Å². The van der Waals surface area contributed by atoms with Crippen molar-refractivity contribution in [1.82, 2.24) is 19.7 Å². The number of piperidine rings is 1. The van der Waals surface area contributed by atoms with E-state index in [0.29, 0.717) is 12.2 Å². The van der Waals surface area contributed by atoms with E-state index in [9.17, 15) is 14.4 Å². The Labute approximate surface area is 241 Å². The molecule has 1 aliphatic carbocycles. The van der Waals surface area contributed by atoms with Gasteiger partial charge < -0.3 is 20.1 Å². The lowest BCUT2D eigenvalue weighted by Crippen LogP contribution is -2.56. The summed E-state index contributed by atoms with van der Waals surface area (Å²) < 4.78 is 2.21. The molecule has 8 heteroatoms. The largest absolute Gasteiger partial charge is 0.347 e. The minimum Gasteiger partial charge on any atom is -0.347 e. The molecule has 2 N–H and O–H groups in total. The lowest BCUT2D eigenvalue weighted by Gasteiger charge is -2.53. The van der Waals surface area contributed by atoms with E-state index in [4.69, 9.17) is 0 Å². The summed E-state index contributed by atoms with van der Waals surface area (Å²) in [4.78, 5) is 41.9. The molecule has 6 rings (SSSR count). The number of nitrogens with one attached hydrogen (secondary N) is 2. The number of anilines is 1. The van der Waals surface area contributed by atoms with Gasteiger partial charge in [0, 0.05) is 63.1 Å². The molecule has 1 saturated carbocycles. The molecular formula is C33H39N5O3. The van der Waals surface area contributed by atoms with Gasteiger partial charge in [0.05, 0.1) is 5.54 Å². The summed E-state index contributed by atoms with van der Waals surface area (Å²) >= 11 is 0. The van der Waals surface area contributed by atoms with Crippen molar-refractivity contribution in [3.05, 3.63) is 88.7 Å². The molecule has 3 amide bonds. The van der Waals surface area contributed by atoms with Crippen molar-refractivity contribution in [3.63, 3.8) is 0 Å². The lowest BCUT2D eigenvalue weighted by molar-refractivity contribution is -0.114. The highest BCUT2D eigenvalue weighted by molar-refractivity contribution is 5.94. The number of carbonyl (C=O) groups is 3. The topological polar surface area (TPSA) is 86.7 Å². The second-order valence-electron chi connectivity index (χ2n) is 11.7. The molecule has 3 aliphatic rings. The van der Waals surface area contributed by atoms with Crippen LogP contribution in [-0.4, -0.2) is 51.7 Å². The van der Waals surface area contributed by atoms with Gasteiger partial charge in [-0.2, -0.15) is 0 Å². The average molecular weight is 554 g/mol. The number of hydrogen-bond donors (Lipinski definition) is 2. The molecule has 1 saturated heterocycles. The van der Waals surface area contributed by atoms with Gasteiger partial charge in [0.25, 0.3) is 11.8 Å². The molecule has 0 atom stereocenters. The first-order chi connectivity index (χ1) is 19.9. The molecule has 1 aromatic heterocycles. The van der Waals surface area contributed by atoms with Crippen LogP contribution in [0.15, 0.2) is 60.7 Å². The maximum absolute atomic E-state index is 13.2. The third-order valence-corrected chi connectivity index (χ3v) is 9.01. The predicted molar refractivity (Wildman–Crippen MR) is 158 cm³/mol. The smallest absolute Gasteiger partial charge is 0.268 e. The predicted octanol–water partition coefficient (Wildman–Crippen LogP) is 4.90. The second-order valence-corrected chi connectivity index (χ2v) is 11.7. The van der Waals surface area contributed by atoms with Gasteiger partial charge in [-0.1, -0.05) is 24.3 Å². The minimum absolute atomic E-state index is 0.0430. The zero-order chi connectivity index (χ0) is 28.4. The van der Waals surface area contributed by atoms with E-state index in [2.05, 4.69) is 38.3 Å². The van der Waals surface area contributed by atoms with Crippen molar-refractivity contribution in [2.45, 2.75) is 70.6 Å². The van der Waals surface area contributed by atoms with E-state index < -0.39 is 0 Å². The van der Waals surface area contributed by atoms with Crippen LogP contribution in [0.1, 0.15) is 83.1 Å². The van der Waals surface area contributed by atoms with Crippen molar-refractivity contribution in [2.75, 3.05) is 25.0 Å². The van der Waals surface area contributed by atoms with Crippen LogP contribution in [-0.2, 0) is 30.0 Å². The summed E-state index contributed by atoms with van der Waals surface area (Å²) in [5, 5.41) is 5.83. The van der Waals surface area contributed by atoms with Crippen LogP contribution in [0.4, 0.5) is 5.69 Å². The molecule has 2 aromatic carbocycles. The molecule has 0 radical (unpaired) electrons. The number of benzene rings is 2. The zero-order valence-electron chi connectivity index (χ0n) is 23.8. The molecule has 1 spiro atoms. The van der Waals surface area contributed by atoms with E-state index in [1.807, 2.05) is 47.4 Å². The van der Waals surface area contributed by atoms with E-state index in [0.717, 1.165) is 75.2 Å². The molecule has 214 valence electrons. The van der Waals surface area contributed by atoms with Gasteiger partial charge in [0.2, 0.25) is 5.91 Å². The summed E-state index contributed by atoms with van der Waals surface area (Å²) in [5.41, 5.74) is 5.61. The van der Waals surface area contributed by atoms with Gasteiger partial charge in [-0.3, -0.25) is 19.3 Å². The van der Waals surface area contributed by atoms with Gasteiger partial charge in [0.1, 0.15) is 5.69 Å². The van der Waals surface area contributed by atoms with Crippen LogP contribution in [0.3, 0.4) is 0 Å². The standard InChI is InChI=1S/C33H39N5O3/c1-24(39)35-28-12-8-25(9-13-28)22-34-31(40)29-14-15-30-33(16-5-17-33)37(20-21-38(29)30)23-26-6-10-27(11-7-26)32(41)36-18-3-2-4-19-36/h6-15H,2-5,16-23H2,1H3,(H,34,40)(H,35,39). The molecule has 2 aliphatic heterocycles. The molecule has 3 heterocycles. The Hall–Kier alpha value is -3.91. The summed E-state index contributed by atoms with van der Waals surface area (Å²) in [6.45, 7) is 6.11. The Morgan fingerprint density at radius 3 is 2.15 bits per heavy atom. The Morgan fingerprint density at radius 2 is 1.49 bits per heavy atom. The Bertz CT molecular complexity index is 1420. The van der Waals surface area contributed by atoms with Crippen LogP contribution in [0.2, 0.25) is 0 Å². The van der Waals surface area contributed by atoms with Crippen LogP contribution in [0.25, 0.3) is 0 Å². The zero-order valence-corrected chi connectivity index (χ0v) is 23.8. The van der Waals surface area contributed by atoms with Crippen molar-refractivity contribution in [2.24, 2.45) is 0 Å². The van der Waals surface area contributed by atoms with Gasteiger partial charge >= 0.3 is 0 Å². The quantitative estimate of drug-likeness (QED) is 0.436. The highest BCUT2D eigenvalue weighted by atomic mass is 16.2. The van der Waals surface area contributed by atoms with Crippen LogP contribution in [0, 0.1) is 0 Å². The molecule has 41 heavy (non-hydrogen) atoms. The number of fused-ring (bicyclic) bond motifs is 2. The van der Waals surface area contributed by atoms with E-state index in [-0.39, 0.29) is 23.3 Å². The van der Waals surface area contributed by atoms with E-state index >= 15 is 0 Å². The Kier molecular flexibility index (Phi) is 7.67. The van der Waals surface area contributed by atoms with Gasteiger partial charge in [-0.25, -0.2) is 0 Å². The number of aromatic nitrogens is 1. The van der Waals surface area contributed by atoms with Crippen LogP contribution in [0.5, 0.6) is 0 Å². The Morgan fingerprint density at radius 1 is 0.780 bits per heavy atom. The van der Waals surface area contributed by atoms with Crippen molar-refractivity contribution >= 4 is 23.4 Å². The number of hydrogen-bond acceptors (Lipinski definition) is 4. The van der Waals surface area contributed by atoms with Gasteiger partial charge in [0.15, 0.2) is 0 Å². The highest BCUT2D eigenvalue weighted by Gasteiger charge is 2.48. The first-order valence-electron chi connectivity index (χ1n) is 14.9. The maximum Gasteiger partial charge on any atom is 0.268 e. The molecule has 2 fully saturated rings. The van der Waals surface area contributed by atoms with Gasteiger partial charge in [-0.15, -0.1) is 0 Å². The second kappa shape index (κ2) is 11.5. The molecule has 3 aromatic rings. The van der Waals surface area contributed by atoms with E-state index in [1.165, 1.54) is 31.0 Å². The highest BCUT2D eigenvalue weighted by Crippen LogP contribution is 2.49. The SMILES string of the molecule is CC(=O)Nc1ccc(CNC(=O)c2ccc3n2CCN(Cc2ccc(C(=O)N4CCCCC4)cc2)C32CCC2)cc1. The number of rotatable bonds is 7. The van der Waals surface area contributed by atoms with Crippen molar-refractivity contribution in [3.8, 4) is 0 Å². The first-order valence-corrected chi connectivity index (χ1v) is 14.9. The summed E-state index contributed by atoms with van der Waals surface area (Å²) in [5.74, 6) is -0.0288. The number of nitrogens with zero attached hydrogens (tertiary/aromatic N) is 3. The summed E-state index contributed by atoms with van der Waals surface area (Å²) in [7, 11) is 0. The number of likely N-dealkylation sites (tertiary alicyclic amines) is 1. The van der Waals surface area contributed by atoms with Crippen LogP contribution < -0.4 is 10.6 Å². The molecular weight excluding hydrogens is 514 g/mol. The lowest BCUT2D eigenvalue weighted by atomic mass is 9.71. The normalized spacial score (nSPS) is 17.9. The molecule has 0 unspecified atom stereocenters. The van der Waals surface area contributed by atoms with Crippen molar-refractivity contribution in [1.29, 1.82) is 0 Å². The molecule has 0 bridgehead atoms. The number of amides is 3. The summed E-state index contributed by atoms with van der Waals surface area (Å²) in [6, 6.07) is 19.8. The van der Waals surface area contributed by atoms with E-state index in [1.54, 1.807) is 0 Å². The average Bonchev–Trinajstić information content (AvgIpc) is 3.40. The fourth-order valence-corrected chi connectivity index (χ4v) is 6.66. The summed E-state index contributed by atoms with van der Waals surface area (Å²) in [6.07, 6.45) is 6.77. The maximum atomic E-state index is 13.2. The minimum atomic E-state index is -0.107. The van der Waals surface area contributed by atoms with Crippen LogP contribution >= 0.6 is 0 Å². The first kappa shape index (κ1) is 27.3.